The number of hydrogen-bond donors (Lipinski definition) is 1. The van der Waals surface area contributed by atoms with E-state index in [1.165, 1.54) is 0 Å². The maximum absolute atomic E-state index is 12.6. The molecule has 0 aliphatic carbocycles. The number of ether oxygens (including phenoxy) is 2. The standard InChI is InChI=1S/C19H24N4O3/c1-3-11-26-19(24)15-16-18(22-14-9-6-5-8-13(14)21-16)23(17(15)20)10-7-12-25-4-2/h5-6,8-9H,3-4,7,10-12,20H2,1-2H3. The number of para-hydroxylation sites is 2. The third-order valence-corrected chi connectivity index (χ3v) is 4.11. The number of fused-ring (bicyclic) bond motifs is 2. The summed E-state index contributed by atoms with van der Waals surface area (Å²) in [6.07, 6.45) is 1.51. The third-order valence-electron chi connectivity index (χ3n) is 4.11. The summed E-state index contributed by atoms with van der Waals surface area (Å²) >= 11 is 0. The second kappa shape index (κ2) is 8.14. The Morgan fingerprint density at radius 2 is 1.88 bits per heavy atom. The number of nitrogens with zero attached hydrogens (tertiary/aromatic N) is 3. The smallest absolute Gasteiger partial charge is 0.344 e. The SMILES string of the molecule is CCCOC(=O)c1c(N)n(CCCOCC)c2nc3ccccc3nc12. The van der Waals surface area contributed by atoms with Crippen molar-refractivity contribution in [1.82, 2.24) is 14.5 Å². The molecule has 0 aliphatic heterocycles. The number of nitrogens with two attached hydrogens (primary N) is 1. The van der Waals surface area contributed by atoms with Crippen molar-refractivity contribution in [1.29, 1.82) is 0 Å². The average Bonchev–Trinajstić information content (AvgIpc) is 2.92. The van der Waals surface area contributed by atoms with Crippen molar-refractivity contribution >= 4 is 34.0 Å². The molecule has 1 aromatic carbocycles. The normalized spacial score (nSPS) is 11.3. The topological polar surface area (TPSA) is 92.3 Å². The van der Waals surface area contributed by atoms with Gasteiger partial charge in [-0.2, -0.15) is 0 Å². The number of hydrogen-bond acceptors (Lipinski definition) is 6. The molecule has 7 nitrogen and oxygen atoms in total. The number of nitrogen functional groups attached to an aromatic ring is 1. The molecule has 0 spiro atoms. The lowest BCUT2D eigenvalue weighted by Gasteiger charge is -2.08. The van der Waals surface area contributed by atoms with Gasteiger partial charge in [-0.15, -0.1) is 0 Å². The molecule has 0 saturated heterocycles. The van der Waals surface area contributed by atoms with Gasteiger partial charge >= 0.3 is 5.97 Å². The van der Waals surface area contributed by atoms with E-state index in [1.54, 1.807) is 0 Å². The molecular weight excluding hydrogens is 332 g/mol. The molecule has 2 N–H and O–H groups in total. The Morgan fingerprint density at radius 1 is 1.15 bits per heavy atom. The van der Waals surface area contributed by atoms with E-state index in [0.29, 0.717) is 48.9 Å². The van der Waals surface area contributed by atoms with E-state index in [2.05, 4.69) is 4.98 Å². The zero-order valence-corrected chi connectivity index (χ0v) is 15.2. The number of benzene rings is 1. The number of aryl methyl sites for hydroxylation is 1. The van der Waals surface area contributed by atoms with Crippen molar-refractivity contribution in [3.63, 3.8) is 0 Å². The highest BCUT2D eigenvalue weighted by Gasteiger charge is 2.24. The summed E-state index contributed by atoms with van der Waals surface area (Å²) in [5.74, 6) is -0.115. The van der Waals surface area contributed by atoms with Gasteiger partial charge < -0.3 is 19.8 Å². The van der Waals surface area contributed by atoms with E-state index in [1.807, 2.05) is 42.7 Å². The van der Waals surface area contributed by atoms with Gasteiger partial charge in [-0.25, -0.2) is 14.8 Å². The average molecular weight is 356 g/mol. The van der Waals surface area contributed by atoms with Crippen LogP contribution in [0.25, 0.3) is 22.2 Å². The van der Waals surface area contributed by atoms with E-state index in [-0.39, 0.29) is 0 Å². The predicted octanol–water partition coefficient (Wildman–Crippen LogP) is 3.16. The second-order valence-corrected chi connectivity index (χ2v) is 5.98. The van der Waals surface area contributed by atoms with Gasteiger partial charge in [0.05, 0.1) is 17.6 Å². The van der Waals surface area contributed by atoms with Gasteiger partial charge in [-0.3, -0.25) is 0 Å². The first-order chi connectivity index (χ1) is 12.7. The van der Waals surface area contributed by atoms with Crippen molar-refractivity contribution in [2.24, 2.45) is 0 Å². The van der Waals surface area contributed by atoms with Crippen molar-refractivity contribution in [2.75, 3.05) is 25.6 Å². The van der Waals surface area contributed by atoms with Crippen LogP contribution in [0.5, 0.6) is 0 Å². The van der Waals surface area contributed by atoms with Crippen LogP contribution in [0.1, 0.15) is 37.0 Å². The molecular formula is C19H24N4O3. The summed E-state index contributed by atoms with van der Waals surface area (Å²) in [6, 6.07) is 7.56. The second-order valence-electron chi connectivity index (χ2n) is 5.98. The van der Waals surface area contributed by atoms with Crippen LogP contribution in [0.3, 0.4) is 0 Å². The van der Waals surface area contributed by atoms with Crippen molar-refractivity contribution < 1.29 is 14.3 Å². The molecule has 0 unspecified atom stereocenters. The van der Waals surface area contributed by atoms with Crippen LogP contribution in [-0.4, -0.2) is 40.3 Å². The molecule has 0 aliphatic rings. The Kier molecular flexibility index (Phi) is 5.68. The highest BCUT2D eigenvalue weighted by molar-refractivity contribution is 6.08. The molecule has 3 rings (SSSR count). The fourth-order valence-electron chi connectivity index (χ4n) is 2.88. The highest BCUT2D eigenvalue weighted by Crippen LogP contribution is 2.28. The summed E-state index contributed by atoms with van der Waals surface area (Å²) in [6.45, 7) is 6.12. The third kappa shape index (κ3) is 3.48. The van der Waals surface area contributed by atoms with Crippen molar-refractivity contribution in [3.8, 4) is 0 Å². The number of aromatic nitrogens is 3. The Morgan fingerprint density at radius 3 is 2.58 bits per heavy atom. The van der Waals surface area contributed by atoms with E-state index >= 15 is 0 Å². The summed E-state index contributed by atoms with van der Waals surface area (Å²) in [5, 5.41) is 0. The van der Waals surface area contributed by atoms with Gasteiger partial charge in [0.2, 0.25) is 0 Å². The van der Waals surface area contributed by atoms with Gasteiger partial charge in [0.25, 0.3) is 0 Å². The molecule has 0 amide bonds. The maximum atomic E-state index is 12.6. The van der Waals surface area contributed by atoms with Gasteiger partial charge in [0.15, 0.2) is 5.65 Å². The van der Waals surface area contributed by atoms with Crippen LogP contribution in [0.15, 0.2) is 24.3 Å². The fraction of sp³-hybridized carbons (Fsp3) is 0.421. The number of esters is 1. The molecule has 138 valence electrons. The van der Waals surface area contributed by atoms with E-state index in [9.17, 15) is 4.79 Å². The first kappa shape index (κ1) is 18.1. The Balaban J connectivity index is 2.10. The molecule has 3 aromatic rings. The monoisotopic (exact) mass is 356 g/mol. The highest BCUT2D eigenvalue weighted by atomic mass is 16.5. The van der Waals surface area contributed by atoms with Crippen LogP contribution in [0.2, 0.25) is 0 Å². The predicted molar refractivity (Wildman–Crippen MR) is 101 cm³/mol. The molecule has 0 radical (unpaired) electrons. The van der Waals surface area contributed by atoms with Crippen LogP contribution in [-0.2, 0) is 16.0 Å². The summed E-state index contributed by atoms with van der Waals surface area (Å²) in [5.41, 5.74) is 9.16. The molecule has 0 atom stereocenters. The number of carbonyl (C=O) groups is 1. The molecule has 0 bridgehead atoms. The van der Waals surface area contributed by atoms with Gasteiger partial charge in [-0.1, -0.05) is 19.1 Å². The molecule has 2 aromatic heterocycles. The summed E-state index contributed by atoms with van der Waals surface area (Å²) in [7, 11) is 0. The van der Waals surface area contributed by atoms with E-state index < -0.39 is 5.97 Å². The molecule has 0 fully saturated rings. The van der Waals surface area contributed by atoms with Crippen LogP contribution >= 0.6 is 0 Å². The largest absolute Gasteiger partial charge is 0.462 e. The van der Waals surface area contributed by atoms with Crippen LogP contribution < -0.4 is 5.73 Å². The number of carbonyl (C=O) groups excluding carboxylic acids is 1. The maximum Gasteiger partial charge on any atom is 0.344 e. The summed E-state index contributed by atoms with van der Waals surface area (Å²) < 4.78 is 12.5. The first-order valence-electron chi connectivity index (χ1n) is 8.96. The lowest BCUT2D eigenvalue weighted by Crippen LogP contribution is -2.11. The van der Waals surface area contributed by atoms with Crippen molar-refractivity contribution in [3.05, 3.63) is 29.8 Å². The lowest BCUT2D eigenvalue weighted by atomic mass is 10.2. The first-order valence-corrected chi connectivity index (χ1v) is 8.96. The van der Waals surface area contributed by atoms with Gasteiger partial charge in [0, 0.05) is 19.8 Å². The zero-order chi connectivity index (χ0) is 18.5. The summed E-state index contributed by atoms with van der Waals surface area (Å²) in [4.78, 5) is 21.9. The van der Waals surface area contributed by atoms with Crippen LogP contribution in [0.4, 0.5) is 5.82 Å². The minimum absolute atomic E-state index is 0.295. The van der Waals surface area contributed by atoms with Gasteiger partial charge in [-0.05, 0) is 31.9 Å². The Hall–Kier alpha value is -2.67. The zero-order valence-electron chi connectivity index (χ0n) is 15.2. The fourth-order valence-corrected chi connectivity index (χ4v) is 2.88. The van der Waals surface area contributed by atoms with E-state index in [0.717, 1.165) is 23.9 Å². The molecule has 0 saturated carbocycles. The molecule has 26 heavy (non-hydrogen) atoms. The number of rotatable bonds is 8. The molecule has 2 heterocycles. The minimum atomic E-state index is -0.456. The minimum Gasteiger partial charge on any atom is -0.462 e. The van der Waals surface area contributed by atoms with Gasteiger partial charge in [0.1, 0.15) is 16.9 Å². The number of anilines is 1. The van der Waals surface area contributed by atoms with Crippen molar-refractivity contribution in [2.45, 2.75) is 33.2 Å². The van der Waals surface area contributed by atoms with E-state index in [4.69, 9.17) is 20.2 Å². The molecule has 7 heteroatoms. The lowest BCUT2D eigenvalue weighted by molar-refractivity contribution is 0.0508. The Bertz CT molecular complexity index is 920. The Labute approximate surface area is 152 Å². The quantitative estimate of drug-likeness (QED) is 0.492. The van der Waals surface area contributed by atoms with Crippen LogP contribution in [0, 0.1) is 0 Å².